The van der Waals surface area contributed by atoms with Crippen molar-refractivity contribution in [3.8, 4) is 0 Å². The van der Waals surface area contributed by atoms with Crippen molar-refractivity contribution in [2.75, 3.05) is 32.8 Å². The summed E-state index contributed by atoms with van der Waals surface area (Å²) in [5, 5.41) is 0. The lowest BCUT2D eigenvalue weighted by Crippen LogP contribution is -2.54. The van der Waals surface area contributed by atoms with Gasteiger partial charge in [0.1, 0.15) is 6.04 Å². The van der Waals surface area contributed by atoms with Crippen molar-refractivity contribution in [1.29, 1.82) is 0 Å². The van der Waals surface area contributed by atoms with E-state index in [4.69, 9.17) is 4.74 Å². The number of hydrogen-bond acceptors (Lipinski definition) is 4. The minimum absolute atomic E-state index is 0.0984. The van der Waals surface area contributed by atoms with Crippen LogP contribution in [-0.4, -0.2) is 62.4 Å². The number of ether oxygens (including phenoxy) is 1. The van der Waals surface area contributed by atoms with E-state index in [9.17, 15) is 13.2 Å². The van der Waals surface area contributed by atoms with Crippen LogP contribution in [0.5, 0.6) is 0 Å². The number of amides is 1. The summed E-state index contributed by atoms with van der Waals surface area (Å²) in [6.07, 6.45) is 2.22. The van der Waals surface area contributed by atoms with Gasteiger partial charge in [-0.25, -0.2) is 8.42 Å². The Morgan fingerprint density at radius 1 is 1.08 bits per heavy atom. The van der Waals surface area contributed by atoms with E-state index < -0.39 is 16.1 Å². The monoisotopic (exact) mass is 416 g/mol. The quantitative estimate of drug-likeness (QED) is 0.753. The highest BCUT2D eigenvalue weighted by atomic mass is 79.9. The maximum Gasteiger partial charge on any atom is 0.243 e. The predicted octanol–water partition coefficient (Wildman–Crippen LogP) is 1.85. The van der Waals surface area contributed by atoms with Crippen LogP contribution in [0.4, 0.5) is 0 Å². The van der Waals surface area contributed by atoms with Gasteiger partial charge >= 0.3 is 0 Å². The van der Waals surface area contributed by atoms with E-state index in [1.807, 2.05) is 0 Å². The van der Waals surface area contributed by atoms with Gasteiger partial charge in [-0.15, -0.1) is 0 Å². The minimum Gasteiger partial charge on any atom is -0.378 e. The van der Waals surface area contributed by atoms with E-state index in [-0.39, 0.29) is 10.8 Å². The van der Waals surface area contributed by atoms with Crippen molar-refractivity contribution < 1.29 is 17.9 Å². The average Bonchev–Trinajstić information content (AvgIpc) is 2.62. The van der Waals surface area contributed by atoms with Gasteiger partial charge in [-0.05, 0) is 37.1 Å². The second-order valence-corrected chi connectivity index (χ2v) is 8.83. The Bertz CT molecular complexity index is 687. The summed E-state index contributed by atoms with van der Waals surface area (Å²) in [6.45, 7) is 2.47. The molecule has 132 valence electrons. The fourth-order valence-electron chi connectivity index (χ4n) is 3.18. The van der Waals surface area contributed by atoms with Crippen molar-refractivity contribution >= 4 is 31.9 Å². The Kier molecular flexibility index (Phi) is 5.59. The molecule has 0 bridgehead atoms. The Morgan fingerprint density at radius 2 is 1.75 bits per heavy atom. The van der Waals surface area contributed by atoms with Crippen molar-refractivity contribution in [1.82, 2.24) is 9.21 Å². The molecule has 3 rings (SSSR count). The molecule has 0 saturated carbocycles. The highest BCUT2D eigenvalue weighted by Crippen LogP contribution is 2.27. The number of rotatable bonds is 3. The van der Waals surface area contributed by atoms with Gasteiger partial charge in [0.2, 0.25) is 15.9 Å². The molecule has 1 aromatic rings. The molecular weight excluding hydrogens is 396 g/mol. The van der Waals surface area contributed by atoms with E-state index in [1.165, 1.54) is 4.31 Å². The maximum atomic E-state index is 13.0. The van der Waals surface area contributed by atoms with Crippen molar-refractivity contribution in [2.45, 2.75) is 30.2 Å². The molecule has 2 aliphatic heterocycles. The van der Waals surface area contributed by atoms with E-state index in [1.54, 1.807) is 29.2 Å². The molecule has 2 heterocycles. The van der Waals surface area contributed by atoms with E-state index in [0.717, 1.165) is 17.3 Å². The molecule has 6 nitrogen and oxygen atoms in total. The van der Waals surface area contributed by atoms with Crippen LogP contribution in [0.15, 0.2) is 33.6 Å². The van der Waals surface area contributed by atoms with Gasteiger partial charge in [0.05, 0.1) is 18.1 Å². The number of morpholine rings is 1. The van der Waals surface area contributed by atoms with E-state index >= 15 is 0 Å². The average molecular weight is 417 g/mol. The standard InChI is InChI=1S/C16H21BrN2O4S/c17-13-4-6-14(7-5-13)24(21,22)19-8-2-1-3-15(19)16(20)18-9-11-23-12-10-18/h4-7,15H,1-3,8-12H2. The Hall–Kier alpha value is -0.960. The number of sulfonamides is 1. The summed E-state index contributed by atoms with van der Waals surface area (Å²) in [5.41, 5.74) is 0. The molecule has 2 aliphatic rings. The fraction of sp³-hybridized carbons (Fsp3) is 0.562. The van der Waals surface area contributed by atoms with Crippen LogP contribution in [0.3, 0.4) is 0 Å². The zero-order chi connectivity index (χ0) is 17.2. The number of nitrogens with zero attached hydrogens (tertiary/aromatic N) is 2. The van der Waals surface area contributed by atoms with Gasteiger partial charge in [0, 0.05) is 24.1 Å². The van der Waals surface area contributed by atoms with E-state index in [2.05, 4.69) is 15.9 Å². The highest BCUT2D eigenvalue weighted by molar-refractivity contribution is 9.10. The molecule has 0 spiro atoms. The molecule has 24 heavy (non-hydrogen) atoms. The Labute approximate surface area is 150 Å². The van der Waals surface area contributed by atoms with Gasteiger partial charge in [0.25, 0.3) is 0 Å². The molecule has 1 aromatic carbocycles. The molecule has 0 aliphatic carbocycles. The number of carbonyl (C=O) groups excluding carboxylic acids is 1. The number of halogens is 1. The van der Waals surface area contributed by atoms with Gasteiger partial charge in [-0.1, -0.05) is 22.4 Å². The van der Waals surface area contributed by atoms with Crippen molar-refractivity contribution in [3.63, 3.8) is 0 Å². The third kappa shape index (κ3) is 3.66. The lowest BCUT2D eigenvalue weighted by Gasteiger charge is -2.37. The first kappa shape index (κ1) is 17.8. The summed E-state index contributed by atoms with van der Waals surface area (Å²) >= 11 is 3.31. The van der Waals surface area contributed by atoms with Crippen molar-refractivity contribution in [2.24, 2.45) is 0 Å². The van der Waals surface area contributed by atoms with Gasteiger partial charge in [0.15, 0.2) is 0 Å². The first-order valence-corrected chi connectivity index (χ1v) is 10.4. The Morgan fingerprint density at radius 3 is 2.42 bits per heavy atom. The molecular formula is C16H21BrN2O4S. The normalized spacial score (nSPS) is 23.2. The summed E-state index contributed by atoms with van der Waals surface area (Å²) in [4.78, 5) is 14.8. The minimum atomic E-state index is -3.68. The highest BCUT2D eigenvalue weighted by Gasteiger charge is 2.39. The van der Waals surface area contributed by atoms with Crippen LogP contribution in [0.2, 0.25) is 0 Å². The molecule has 8 heteroatoms. The summed E-state index contributed by atoms with van der Waals surface area (Å²) < 4.78 is 33.5. The second-order valence-electron chi connectivity index (χ2n) is 6.02. The van der Waals surface area contributed by atoms with Crippen LogP contribution in [-0.2, 0) is 19.6 Å². The third-order valence-electron chi connectivity index (χ3n) is 4.48. The maximum absolute atomic E-state index is 13.0. The summed E-state index contributed by atoms with van der Waals surface area (Å²) in [7, 11) is -3.68. The van der Waals surface area contributed by atoms with Crippen LogP contribution >= 0.6 is 15.9 Å². The molecule has 0 aromatic heterocycles. The molecule has 0 radical (unpaired) electrons. The van der Waals surface area contributed by atoms with Gasteiger partial charge < -0.3 is 9.64 Å². The number of hydrogen-bond donors (Lipinski definition) is 0. The molecule has 0 N–H and O–H groups in total. The molecule has 1 unspecified atom stereocenters. The molecule has 1 amide bonds. The van der Waals surface area contributed by atoms with Gasteiger partial charge in [-0.2, -0.15) is 4.31 Å². The first-order chi connectivity index (χ1) is 11.5. The predicted molar refractivity (Wildman–Crippen MR) is 93.1 cm³/mol. The van der Waals surface area contributed by atoms with Crippen molar-refractivity contribution in [3.05, 3.63) is 28.7 Å². The summed E-state index contributed by atoms with van der Waals surface area (Å²) in [5.74, 6) is -0.0984. The van der Waals surface area contributed by atoms with Gasteiger partial charge in [-0.3, -0.25) is 4.79 Å². The van der Waals surface area contributed by atoms with Crippen LogP contribution in [0.25, 0.3) is 0 Å². The lowest BCUT2D eigenvalue weighted by atomic mass is 10.0. The molecule has 2 fully saturated rings. The fourth-order valence-corrected chi connectivity index (χ4v) is 5.09. The topological polar surface area (TPSA) is 66.9 Å². The molecule has 1 atom stereocenters. The number of benzene rings is 1. The SMILES string of the molecule is O=C(C1CCCCN1S(=O)(=O)c1ccc(Br)cc1)N1CCOCC1. The summed E-state index contributed by atoms with van der Waals surface area (Å²) in [6, 6.07) is 5.95. The van der Waals surface area contributed by atoms with Crippen LogP contribution in [0.1, 0.15) is 19.3 Å². The zero-order valence-electron chi connectivity index (χ0n) is 13.4. The Balaban J connectivity index is 1.85. The van der Waals surface area contributed by atoms with Crippen LogP contribution < -0.4 is 0 Å². The number of carbonyl (C=O) groups is 1. The number of piperidine rings is 1. The third-order valence-corrected chi connectivity index (χ3v) is 6.93. The van der Waals surface area contributed by atoms with E-state index in [0.29, 0.717) is 39.3 Å². The first-order valence-electron chi connectivity index (χ1n) is 8.14. The molecule has 2 saturated heterocycles. The second kappa shape index (κ2) is 7.51. The zero-order valence-corrected chi connectivity index (χ0v) is 15.8. The lowest BCUT2D eigenvalue weighted by molar-refractivity contribution is -0.140. The smallest absolute Gasteiger partial charge is 0.243 e. The van der Waals surface area contributed by atoms with Crippen LogP contribution in [0, 0.1) is 0 Å². The largest absolute Gasteiger partial charge is 0.378 e.